The van der Waals surface area contributed by atoms with E-state index in [1.807, 2.05) is 24.2 Å². The number of piperazine rings is 1. The Labute approximate surface area is 108 Å². The van der Waals surface area contributed by atoms with Gasteiger partial charge in [0.05, 0.1) is 12.2 Å². The fraction of sp³-hybridized carbons (Fsp3) is 0.667. The van der Waals surface area contributed by atoms with Crippen LogP contribution in [0, 0.1) is 0 Å². The van der Waals surface area contributed by atoms with Crippen molar-refractivity contribution >= 4 is 5.91 Å². The number of aromatic nitrogens is 2. The molecule has 2 heterocycles. The highest BCUT2D eigenvalue weighted by Crippen LogP contribution is 1.99. The van der Waals surface area contributed by atoms with Gasteiger partial charge in [-0.15, -0.1) is 0 Å². The molecule has 1 amide bonds. The molecule has 1 fully saturated rings. The zero-order chi connectivity index (χ0) is 13.0. The van der Waals surface area contributed by atoms with Gasteiger partial charge in [0.1, 0.15) is 0 Å². The van der Waals surface area contributed by atoms with E-state index in [9.17, 15) is 4.79 Å². The lowest BCUT2D eigenvalue weighted by molar-refractivity contribution is -0.131. The number of nitrogens with zero attached hydrogens (tertiary/aromatic N) is 4. The highest BCUT2D eigenvalue weighted by atomic mass is 16.2. The molecule has 0 bridgehead atoms. The monoisotopic (exact) mass is 251 g/mol. The lowest BCUT2D eigenvalue weighted by atomic mass is 10.3. The van der Waals surface area contributed by atoms with Gasteiger partial charge in [-0.1, -0.05) is 0 Å². The normalized spacial score (nSPS) is 17.1. The number of amides is 1. The number of aryl methyl sites for hydroxylation is 1. The minimum atomic E-state index is 0.180. The number of hydrogen-bond acceptors (Lipinski definition) is 4. The summed E-state index contributed by atoms with van der Waals surface area (Å²) in [6.07, 6.45) is 1.90. The van der Waals surface area contributed by atoms with Gasteiger partial charge in [0.25, 0.3) is 0 Å². The Morgan fingerprint density at radius 2 is 2.06 bits per heavy atom. The Kier molecular flexibility index (Phi) is 4.33. The molecule has 0 aromatic carbocycles. The van der Waals surface area contributed by atoms with Gasteiger partial charge in [-0.3, -0.25) is 9.48 Å². The lowest BCUT2D eigenvalue weighted by Gasteiger charge is -2.32. The molecule has 2 rings (SSSR count). The van der Waals surface area contributed by atoms with Crippen LogP contribution in [0.4, 0.5) is 0 Å². The third-order valence-electron chi connectivity index (χ3n) is 3.21. The maximum atomic E-state index is 11.9. The van der Waals surface area contributed by atoms with E-state index < -0.39 is 0 Å². The second-order valence-electron chi connectivity index (χ2n) is 4.77. The maximum Gasteiger partial charge on any atom is 0.236 e. The quantitative estimate of drug-likeness (QED) is 0.767. The molecule has 1 aliphatic heterocycles. The third-order valence-corrected chi connectivity index (χ3v) is 3.21. The standard InChI is InChI=1S/C12H21N5O/c1-15-5-7-17(8-6-15)12(18)10-13-9-11-3-4-16(2)14-11/h3-4,13H,5-10H2,1-2H3. The second-order valence-corrected chi connectivity index (χ2v) is 4.77. The first-order chi connectivity index (χ1) is 8.65. The molecule has 0 spiro atoms. The van der Waals surface area contributed by atoms with Crippen molar-refractivity contribution in [3.8, 4) is 0 Å². The Morgan fingerprint density at radius 3 is 2.67 bits per heavy atom. The Morgan fingerprint density at radius 1 is 1.33 bits per heavy atom. The topological polar surface area (TPSA) is 53.4 Å². The van der Waals surface area contributed by atoms with Crippen molar-refractivity contribution < 1.29 is 4.79 Å². The van der Waals surface area contributed by atoms with E-state index in [1.165, 1.54) is 0 Å². The predicted octanol–water partition coefficient (Wildman–Crippen LogP) is -0.716. The Balaban J connectivity index is 1.68. The van der Waals surface area contributed by atoms with E-state index in [0.29, 0.717) is 13.1 Å². The Hall–Kier alpha value is -1.40. The number of carbonyl (C=O) groups excluding carboxylic acids is 1. The zero-order valence-corrected chi connectivity index (χ0v) is 11.1. The molecular formula is C12H21N5O. The number of rotatable bonds is 4. The van der Waals surface area contributed by atoms with Gasteiger partial charge < -0.3 is 15.1 Å². The van der Waals surface area contributed by atoms with Gasteiger partial charge >= 0.3 is 0 Å². The predicted molar refractivity (Wildman–Crippen MR) is 69.0 cm³/mol. The molecule has 0 unspecified atom stereocenters. The highest BCUT2D eigenvalue weighted by molar-refractivity contribution is 5.78. The molecule has 0 radical (unpaired) electrons. The first-order valence-corrected chi connectivity index (χ1v) is 6.31. The van der Waals surface area contributed by atoms with Crippen LogP contribution < -0.4 is 5.32 Å². The molecule has 1 aromatic heterocycles. The minimum absolute atomic E-state index is 0.180. The van der Waals surface area contributed by atoms with E-state index in [0.717, 1.165) is 31.9 Å². The fourth-order valence-electron chi connectivity index (χ4n) is 2.02. The summed E-state index contributed by atoms with van der Waals surface area (Å²) in [5, 5.41) is 7.40. The van der Waals surface area contributed by atoms with E-state index >= 15 is 0 Å². The van der Waals surface area contributed by atoms with Gasteiger partial charge in [-0.2, -0.15) is 5.10 Å². The number of nitrogens with one attached hydrogen (secondary N) is 1. The molecule has 6 nitrogen and oxygen atoms in total. The van der Waals surface area contributed by atoms with Crippen LogP contribution in [0.1, 0.15) is 5.69 Å². The molecule has 0 aliphatic carbocycles. The van der Waals surface area contributed by atoms with E-state index in [1.54, 1.807) is 4.68 Å². The minimum Gasteiger partial charge on any atom is -0.339 e. The van der Waals surface area contributed by atoms with Gasteiger partial charge in [0.15, 0.2) is 0 Å². The average Bonchev–Trinajstić information content (AvgIpc) is 2.76. The summed E-state index contributed by atoms with van der Waals surface area (Å²) in [6.45, 7) is 4.62. The summed E-state index contributed by atoms with van der Waals surface area (Å²) in [5.41, 5.74) is 0.962. The van der Waals surface area contributed by atoms with Crippen molar-refractivity contribution in [3.05, 3.63) is 18.0 Å². The molecule has 100 valence electrons. The maximum absolute atomic E-state index is 11.9. The van der Waals surface area contributed by atoms with E-state index in [-0.39, 0.29) is 5.91 Å². The number of likely N-dealkylation sites (N-methyl/N-ethyl adjacent to an activating group) is 1. The van der Waals surface area contributed by atoms with Gasteiger partial charge in [0.2, 0.25) is 5.91 Å². The van der Waals surface area contributed by atoms with Gasteiger partial charge in [-0.25, -0.2) is 0 Å². The summed E-state index contributed by atoms with van der Waals surface area (Å²) < 4.78 is 1.76. The van der Waals surface area contributed by atoms with Crippen LogP contribution >= 0.6 is 0 Å². The fourth-order valence-corrected chi connectivity index (χ4v) is 2.02. The second kappa shape index (κ2) is 5.97. The molecular weight excluding hydrogens is 230 g/mol. The SMILES string of the molecule is CN1CCN(C(=O)CNCc2ccn(C)n2)CC1. The van der Waals surface area contributed by atoms with Crippen LogP contribution in [0.15, 0.2) is 12.3 Å². The zero-order valence-electron chi connectivity index (χ0n) is 11.1. The largest absolute Gasteiger partial charge is 0.339 e. The molecule has 0 atom stereocenters. The van der Waals surface area contributed by atoms with Crippen molar-refractivity contribution in [2.75, 3.05) is 39.8 Å². The molecule has 0 saturated carbocycles. The highest BCUT2D eigenvalue weighted by Gasteiger charge is 2.18. The smallest absolute Gasteiger partial charge is 0.236 e. The van der Waals surface area contributed by atoms with Crippen molar-refractivity contribution in [1.82, 2.24) is 24.9 Å². The molecule has 6 heteroatoms. The molecule has 1 saturated heterocycles. The summed E-state index contributed by atoms with van der Waals surface area (Å²) in [4.78, 5) is 16.1. The Bertz CT molecular complexity index is 395. The first-order valence-electron chi connectivity index (χ1n) is 6.31. The van der Waals surface area contributed by atoms with Crippen LogP contribution in [-0.2, 0) is 18.4 Å². The average molecular weight is 251 g/mol. The summed E-state index contributed by atoms with van der Waals surface area (Å²) in [7, 11) is 3.97. The van der Waals surface area contributed by atoms with Crippen LogP contribution in [0.3, 0.4) is 0 Å². The van der Waals surface area contributed by atoms with Crippen molar-refractivity contribution in [2.45, 2.75) is 6.54 Å². The van der Waals surface area contributed by atoms with E-state index in [4.69, 9.17) is 0 Å². The van der Waals surface area contributed by atoms with Crippen LogP contribution in [0.2, 0.25) is 0 Å². The van der Waals surface area contributed by atoms with Crippen molar-refractivity contribution in [2.24, 2.45) is 7.05 Å². The van der Waals surface area contributed by atoms with Crippen molar-refractivity contribution in [3.63, 3.8) is 0 Å². The van der Waals surface area contributed by atoms with Crippen LogP contribution in [0.25, 0.3) is 0 Å². The van der Waals surface area contributed by atoms with Crippen molar-refractivity contribution in [1.29, 1.82) is 0 Å². The number of hydrogen-bond donors (Lipinski definition) is 1. The number of carbonyl (C=O) groups is 1. The summed E-state index contributed by atoms with van der Waals surface area (Å²) in [6, 6.07) is 1.95. The third kappa shape index (κ3) is 3.54. The van der Waals surface area contributed by atoms with Crippen LogP contribution in [-0.4, -0.2) is 65.3 Å². The van der Waals surface area contributed by atoms with Crippen LogP contribution in [0.5, 0.6) is 0 Å². The van der Waals surface area contributed by atoms with Gasteiger partial charge in [-0.05, 0) is 13.1 Å². The van der Waals surface area contributed by atoms with Gasteiger partial charge in [0, 0.05) is 46.0 Å². The first kappa shape index (κ1) is 13.0. The summed E-state index contributed by atoms with van der Waals surface area (Å²) >= 11 is 0. The molecule has 1 aromatic rings. The lowest BCUT2D eigenvalue weighted by Crippen LogP contribution is -2.49. The molecule has 1 aliphatic rings. The van der Waals surface area contributed by atoms with E-state index in [2.05, 4.69) is 22.4 Å². The molecule has 1 N–H and O–H groups in total. The molecule has 18 heavy (non-hydrogen) atoms. The summed E-state index contributed by atoms with van der Waals surface area (Å²) in [5.74, 6) is 0.180.